The highest BCUT2D eigenvalue weighted by atomic mass is 16.2. The van der Waals surface area contributed by atoms with Crippen molar-refractivity contribution in [3.63, 3.8) is 0 Å². The van der Waals surface area contributed by atoms with Crippen LogP contribution in [0, 0.1) is 0 Å². The quantitative estimate of drug-likeness (QED) is 0.691. The van der Waals surface area contributed by atoms with Crippen LogP contribution < -0.4 is 21.5 Å². The molecule has 6 nitrogen and oxygen atoms in total. The molecular weight excluding hydrogens is 280 g/mol. The standard InChI is InChI=1S/C16H16N4O2/c17-12-13(15(22)14(12)21)20-7-3-4-9(8-20)16-18-10-5-1-2-6-11(10)19-16/h1-2,5-6,9H,3-4,7-8,17H2,(H,18,19). The Balaban J connectivity index is 1.63. The molecule has 4 rings (SSSR count). The molecule has 1 saturated heterocycles. The number of nitrogens with zero attached hydrogens (tertiary/aromatic N) is 2. The number of piperidine rings is 1. The summed E-state index contributed by atoms with van der Waals surface area (Å²) >= 11 is 0. The van der Waals surface area contributed by atoms with Gasteiger partial charge in [-0.3, -0.25) is 9.59 Å². The van der Waals surface area contributed by atoms with Crippen molar-refractivity contribution in [3.05, 3.63) is 50.5 Å². The number of fused-ring (bicyclic) bond motifs is 1. The molecule has 3 N–H and O–H groups in total. The fourth-order valence-electron chi connectivity index (χ4n) is 3.28. The maximum atomic E-state index is 11.7. The van der Waals surface area contributed by atoms with Crippen molar-refractivity contribution in [2.24, 2.45) is 0 Å². The number of nitrogen functional groups attached to an aromatic ring is 1. The molecule has 1 aliphatic rings. The number of rotatable bonds is 2. The lowest BCUT2D eigenvalue weighted by atomic mass is 9.96. The lowest BCUT2D eigenvalue weighted by Crippen LogP contribution is -2.46. The van der Waals surface area contributed by atoms with E-state index in [2.05, 4.69) is 9.97 Å². The van der Waals surface area contributed by atoms with E-state index in [0.29, 0.717) is 12.2 Å². The maximum absolute atomic E-state index is 11.7. The van der Waals surface area contributed by atoms with Gasteiger partial charge >= 0.3 is 0 Å². The second kappa shape index (κ2) is 4.69. The van der Waals surface area contributed by atoms with Crippen LogP contribution in [-0.2, 0) is 0 Å². The van der Waals surface area contributed by atoms with Crippen molar-refractivity contribution in [2.45, 2.75) is 18.8 Å². The van der Waals surface area contributed by atoms with Gasteiger partial charge in [0.25, 0.3) is 10.9 Å². The minimum absolute atomic E-state index is 0.107. The summed E-state index contributed by atoms with van der Waals surface area (Å²) in [5.41, 5.74) is 7.13. The zero-order chi connectivity index (χ0) is 15.3. The van der Waals surface area contributed by atoms with Gasteiger partial charge < -0.3 is 15.6 Å². The molecule has 2 aromatic carbocycles. The average molecular weight is 296 g/mol. The Morgan fingerprint density at radius 1 is 1.23 bits per heavy atom. The second-order valence-corrected chi connectivity index (χ2v) is 5.84. The second-order valence-electron chi connectivity index (χ2n) is 5.84. The predicted molar refractivity (Wildman–Crippen MR) is 86.0 cm³/mol. The van der Waals surface area contributed by atoms with Crippen LogP contribution in [0.1, 0.15) is 24.6 Å². The van der Waals surface area contributed by atoms with Gasteiger partial charge in [-0.05, 0) is 25.0 Å². The van der Waals surface area contributed by atoms with E-state index in [4.69, 9.17) is 5.73 Å². The molecule has 0 spiro atoms. The summed E-state index contributed by atoms with van der Waals surface area (Å²) in [6, 6.07) is 7.91. The van der Waals surface area contributed by atoms with E-state index in [9.17, 15) is 9.59 Å². The van der Waals surface area contributed by atoms with Crippen LogP contribution in [0.5, 0.6) is 0 Å². The molecular formula is C16H16N4O2. The highest BCUT2D eigenvalue weighted by molar-refractivity contribution is 5.75. The number of hydrogen-bond donors (Lipinski definition) is 2. The summed E-state index contributed by atoms with van der Waals surface area (Å²) in [6.45, 7) is 1.42. The van der Waals surface area contributed by atoms with Crippen molar-refractivity contribution < 1.29 is 0 Å². The van der Waals surface area contributed by atoms with Gasteiger partial charge in [-0.15, -0.1) is 0 Å². The first-order valence-corrected chi connectivity index (χ1v) is 7.43. The summed E-state index contributed by atoms with van der Waals surface area (Å²) < 4.78 is 0. The molecule has 1 unspecified atom stereocenters. The molecule has 1 aliphatic heterocycles. The monoisotopic (exact) mass is 296 g/mol. The third-order valence-electron chi connectivity index (χ3n) is 4.45. The minimum atomic E-state index is -0.555. The number of aromatic nitrogens is 2. The lowest BCUT2D eigenvalue weighted by molar-refractivity contribution is 0.494. The van der Waals surface area contributed by atoms with Crippen molar-refractivity contribution in [3.8, 4) is 0 Å². The zero-order valence-corrected chi connectivity index (χ0v) is 12.0. The molecule has 0 bridgehead atoms. The third-order valence-corrected chi connectivity index (χ3v) is 4.45. The summed E-state index contributed by atoms with van der Waals surface area (Å²) in [5, 5.41) is 0. The van der Waals surface area contributed by atoms with E-state index >= 15 is 0 Å². The van der Waals surface area contributed by atoms with Gasteiger partial charge in [-0.2, -0.15) is 0 Å². The van der Waals surface area contributed by atoms with Gasteiger partial charge in [0.05, 0.1) is 11.0 Å². The largest absolute Gasteiger partial charge is 0.394 e. The molecule has 0 amide bonds. The van der Waals surface area contributed by atoms with Crippen LogP contribution in [0.4, 0.5) is 11.4 Å². The molecule has 1 fully saturated rings. The van der Waals surface area contributed by atoms with E-state index in [1.54, 1.807) is 0 Å². The van der Waals surface area contributed by atoms with Crippen LogP contribution in [0.25, 0.3) is 11.0 Å². The highest BCUT2D eigenvalue weighted by Gasteiger charge is 2.30. The Hall–Kier alpha value is -2.63. The molecule has 112 valence electrons. The van der Waals surface area contributed by atoms with Gasteiger partial charge in [0.2, 0.25) is 0 Å². The van der Waals surface area contributed by atoms with Gasteiger partial charge in [0.1, 0.15) is 17.2 Å². The number of hydrogen-bond acceptors (Lipinski definition) is 5. The van der Waals surface area contributed by atoms with Gasteiger partial charge in [-0.25, -0.2) is 4.98 Å². The first-order chi connectivity index (χ1) is 10.6. The molecule has 0 saturated carbocycles. The average Bonchev–Trinajstić information content (AvgIpc) is 2.99. The minimum Gasteiger partial charge on any atom is -0.394 e. The molecule has 3 aromatic rings. The topological polar surface area (TPSA) is 92.1 Å². The summed E-state index contributed by atoms with van der Waals surface area (Å²) in [7, 11) is 0. The number of nitrogens with two attached hydrogens (primary N) is 1. The Kier molecular flexibility index (Phi) is 2.79. The number of imidazole rings is 1. The Labute approximate surface area is 126 Å². The van der Waals surface area contributed by atoms with Gasteiger partial charge in [0.15, 0.2) is 0 Å². The van der Waals surface area contributed by atoms with E-state index in [1.165, 1.54) is 0 Å². The van der Waals surface area contributed by atoms with E-state index in [0.717, 1.165) is 36.2 Å². The number of anilines is 2. The Morgan fingerprint density at radius 3 is 2.82 bits per heavy atom. The van der Waals surface area contributed by atoms with Crippen molar-refractivity contribution in [2.75, 3.05) is 23.7 Å². The number of nitrogens with one attached hydrogen (secondary N) is 1. The van der Waals surface area contributed by atoms with Crippen LogP contribution in [0.2, 0.25) is 0 Å². The lowest BCUT2D eigenvalue weighted by Gasteiger charge is -2.34. The molecule has 0 aliphatic carbocycles. The maximum Gasteiger partial charge on any atom is 0.253 e. The third kappa shape index (κ3) is 1.83. The first kappa shape index (κ1) is 13.1. The number of benzene rings is 1. The normalized spacial score (nSPS) is 19.1. The Morgan fingerprint density at radius 2 is 2.05 bits per heavy atom. The number of H-pyrrole nitrogens is 1. The van der Waals surface area contributed by atoms with Crippen LogP contribution >= 0.6 is 0 Å². The fourth-order valence-corrected chi connectivity index (χ4v) is 3.28. The first-order valence-electron chi connectivity index (χ1n) is 7.43. The van der Waals surface area contributed by atoms with Crippen LogP contribution in [0.15, 0.2) is 33.9 Å². The molecule has 6 heteroatoms. The predicted octanol–water partition coefficient (Wildman–Crippen LogP) is 1.13. The molecule has 1 aromatic heterocycles. The molecule has 1 atom stereocenters. The van der Waals surface area contributed by atoms with Crippen LogP contribution in [-0.4, -0.2) is 23.1 Å². The van der Waals surface area contributed by atoms with E-state index in [-0.39, 0.29) is 11.6 Å². The van der Waals surface area contributed by atoms with Gasteiger partial charge in [-0.1, -0.05) is 12.1 Å². The van der Waals surface area contributed by atoms with Gasteiger partial charge in [0, 0.05) is 19.0 Å². The zero-order valence-electron chi connectivity index (χ0n) is 12.0. The Bertz CT molecular complexity index is 887. The van der Waals surface area contributed by atoms with E-state index < -0.39 is 10.9 Å². The number of aromatic amines is 1. The fraction of sp³-hybridized carbons (Fsp3) is 0.312. The SMILES string of the molecule is Nc1c(N2CCCC(c3nc4ccccc4[nH]3)C2)c(=O)c1=O. The summed E-state index contributed by atoms with van der Waals surface area (Å²) in [5.74, 6) is 1.15. The van der Waals surface area contributed by atoms with Crippen molar-refractivity contribution >= 4 is 22.4 Å². The van der Waals surface area contributed by atoms with Crippen LogP contribution in [0.3, 0.4) is 0 Å². The van der Waals surface area contributed by atoms with Crippen molar-refractivity contribution in [1.82, 2.24) is 9.97 Å². The highest BCUT2D eigenvalue weighted by Crippen LogP contribution is 2.30. The molecule has 22 heavy (non-hydrogen) atoms. The summed E-state index contributed by atoms with van der Waals surface area (Å²) in [6.07, 6.45) is 1.95. The summed E-state index contributed by atoms with van der Waals surface area (Å²) in [4.78, 5) is 32.9. The van der Waals surface area contributed by atoms with Crippen molar-refractivity contribution in [1.29, 1.82) is 0 Å². The van der Waals surface area contributed by atoms with E-state index in [1.807, 2.05) is 29.2 Å². The molecule has 2 heterocycles. The number of para-hydroxylation sites is 2. The molecule has 0 radical (unpaired) electrons. The smallest absolute Gasteiger partial charge is 0.253 e.